The lowest BCUT2D eigenvalue weighted by Crippen LogP contribution is -2.52. The molecule has 0 fully saturated rings. The molecule has 1 aliphatic heterocycles. The van der Waals surface area contributed by atoms with E-state index >= 15 is 4.39 Å². The van der Waals surface area contributed by atoms with Gasteiger partial charge in [0.1, 0.15) is 17.1 Å². The van der Waals surface area contributed by atoms with Crippen LogP contribution < -0.4 is 4.74 Å². The Morgan fingerprint density at radius 1 is 1.28 bits per heavy atom. The molecular formula is C18H13FO6. The van der Waals surface area contributed by atoms with Crippen molar-refractivity contribution in [3.05, 3.63) is 53.7 Å². The van der Waals surface area contributed by atoms with Gasteiger partial charge in [-0.1, -0.05) is 0 Å². The van der Waals surface area contributed by atoms with E-state index < -0.39 is 23.5 Å². The van der Waals surface area contributed by atoms with E-state index in [1.165, 1.54) is 36.8 Å². The number of esters is 1. The SMILES string of the molecule is COC(=O)C1(F)C(=O)c2ccc3occ(C)c3c2OC1c1ccco1. The monoisotopic (exact) mass is 344 g/mol. The van der Waals surface area contributed by atoms with Crippen LogP contribution in [0.5, 0.6) is 5.75 Å². The molecule has 1 aliphatic rings. The molecular weight excluding hydrogens is 331 g/mol. The van der Waals surface area contributed by atoms with Crippen molar-refractivity contribution in [2.75, 3.05) is 7.11 Å². The lowest BCUT2D eigenvalue weighted by Gasteiger charge is -2.34. The second-order valence-electron chi connectivity index (χ2n) is 5.78. The smallest absolute Gasteiger partial charge is 0.356 e. The maximum Gasteiger partial charge on any atom is 0.356 e. The van der Waals surface area contributed by atoms with Crippen molar-refractivity contribution in [3.63, 3.8) is 0 Å². The highest BCUT2D eigenvalue weighted by Crippen LogP contribution is 2.47. The molecule has 0 amide bonds. The second-order valence-corrected chi connectivity index (χ2v) is 5.78. The summed E-state index contributed by atoms with van der Waals surface area (Å²) in [5.41, 5.74) is -1.88. The first kappa shape index (κ1) is 15.4. The van der Waals surface area contributed by atoms with Crippen molar-refractivity contribution in [3.8, 4) is 5.75 Å². The Morgan fingerprint density at radius 2 is 2.08 bits per heavy atom. The third kappa shape index (κ3) is 1.95. The number of rotatable bonds is 2. The molecule has 1 aromatic carbocycles. The van der Waals surface area contributed by atoms with Gasteiger partial charge in [-0.3, -0.25) is 4.79 Å². The zero-order chi connectivity index (χ0) is 17.8. The van der Waals surface area contributed by atoms with Gasteiger partial charge in [-0.2, -0.15) is 0 Å². The summed E-state index contributed by atoms with van der Waals surface area (Å²) < 4.78 is 36.6. The molecule has 4 rings (SSSR count). The molecule has 2 atom stereocenters. The summed E-state index contributed by atoms with van der Waals surface area (Å²) in [6, 6.07) is 5.86. The van der Waals surface area contributed by atoms with E-state index in [1.807, 2.05) is 0 Å². The van der Waals surface area contributed by atoms with Crippen LogP contribution in [0.2, 0.25) is 0 Å². The Balaban J connectivity index is 2.00. The van der Waals surface area contributed by atoms with Gasteiger partial charge in [0.25, 0.3) is 0 Å². The highest BCUT2D eigenvalue weighted by molar-refractivity contribution is 6.19. The standard InChI is InChI=1S/C18H13FO6/c1-9-8-24-11-6-5-10-14(13(9)11)25-16(12-4-3-7-23-12)18(19,15(10)20)17(21)22-2/h3-8,16H,1-2H3. The largest absolute Gasteiger partial charge is 0.476 e. The molecule has 2 unspecified atom stereocenters. The van der Waals surface area contributed by atoms with Gasteiger partial charge in [0.15, 0.2) is 0 Å². The van der Waals surface area contributed by atoms with Crippen LogP contribution in [0, 0.1) is 6.92 Å². The molecule has 0 saturated heterocycles. The fourth-order valence-electron chi connectivity index (χ4n) is 3.11. The minimum absolute atomic E-state index is 0.00468. The summed E-state index contributed by atoms with van der Waals surface area (Å²) in [5, 5.41) is 0.550. The van der Waals surface area contributed by atoms with E-state index in [-0.39, 0.29) is 17.1 Å². The topological polar surface area (TPSA) is 78.9 Å². The maximum absolute atomic E-state index is 15.7. The molecule has 25 heavy (non-hydrogen) atoms. The van der Waals surface area contributed by atoms with Gasteiger partial charge in [-0.05, 0) is 36.8 Å². The third-order valence-corrected chi connectivity index (χ3v) is 4.33. The number of carbonyl (C=O) groups is 2. The predicted molar refractivity (Wildman–Crippen MR) is 83.2 cm³/mol. The summed E-state index contributed by atoms with van der Waals surface area (Å²) >= 11 is 0. The molecule has 3 heterocycles. The first-order valence-electron chi connectivity index (χ1n) is 7.51. The minimum atomic E-state index is -3.05. The average molecular weight is 344 g/mol. The molecule has 2 aromatic heterocycles. The fourth-order valence-corrected chi connectivity index (χ4v) is 3.11. The number of halogens is 1. The molecule has 7 heteroatoms. The van der Waals surface area contributed by atoms with E-state index in [0.717, 1.165) is 12.7 Å². The summed E-state index contributed by atoms with van der Waals surface area (Å²) in [6.45, 7) is 1.78. The van der Waals surface area contributed by atoms with Crippen molar-refractivity contribution < 1.29 is 32.3 Å². The highest BCUT2D eigenvalue weighted by Gasteiger charge is 2.61. The number of aryl methyl sites for hydroxylation is 1. The van der Waals surface area contributed by atoms with Crippen LogP contribution in [0.1, 0.15) is 27.8 Å². The van der Waals surface area contributed by atoms with E-state index in [9.17, 15) is 9.59 Å². The third-order valence-electron chi connectivity index (χ3n) is 4.33. The average Bonchev–Trinajstić information content (AvgIpc) is 3.27. The number of hydrogen-bond donors (Lipinski definition) is 0. The van der Waals surface area contributed by atoms with E-state index in [0.29, 0.717) is 11.0 Å². The van der Waals surface area contributed by atoms with Crippen LogP contribution in [0.25, 0.3) is 11.0 Å². The number of Topliss-reactive ketones (excluding diaryl/α,β-unsaturated/α-hetero) is 1. The van der Waals surface area contributed by atoms with Crippen LogP contribution in [-0.2, 0) is 9.53 Å². The zero-order valence-corrected chi connectivity index (χ0v) is 13.4. The number of furan rings is 2. The van der Waals surface area contributed by atoms with Crippen LogP contribution in [-0.4, -0.2) is 24.5 Å². The number of fused-ring (bicyclic) bond motifs is 3. The molecule has 0 saturated carbocycles. The Labute approximate surface area is 141 Å². The molecule has 0 radical (unpaired) electrons. The van der Waals surface area contributed by atoms with Gasteiger partial charge >= 0.3 is 11.6 Å². The molecule has 0 N–H and O–H groups in total. The molecule has 6 nitrogen and oxygen atoms in total. The van der Waals surface area contributed by atoms with Crippen molar-refractivity contribution in [1.82, 2.24) is 0 Å². The number of benzene rings is 1. The van der Waals surface area contributed by atoms with Crippen LogP contribution in [0.15, 0.2) is 45.6 Å². The van der Waals surface area contributed by atoms with E-state index in [1.54, 1.807) is 6.92 Å². The number of alkyl halides is 1. The number of ether oxygens (including phenoxy) is 2. The van der Waals surface area contributed by atoms with E-state index in [2.05, 4.69) is 4.74 Å². The lowest BCUT2D eigenvalue weighted by molar-refractivity contribution is -0.158. The van der Waals surface area contributed by atoms with Gasteiger partial charge in [-0.25, -0.2) is 9.18 Å². The Kier molecular flexibility index (Phi) is 3.21. The Morgan fingerprint density at radius 3 is 2.76 bits per heavy atom. The van der Waals surface area contributed by atoms with Crippen LogP contribution >= 0.6 is 0 Å². The molecule has 0 aliphatic carbocycles. The minimum Gasteiger partial charge on any atom is -0.476 e. The summed E-state index contributed by atoms with van der Waals surface area (Å²) in [7, 11) is 1.01. The predicted octanol–water partition coefficient (Wildman–Crippen LogP) is 3.53. The number of methoxy groups -OCH3 is 1. The van der Waals surface area contributed by atoms with Gasteiger partial charge in [-0.15, -0.1) is 0 Å². The Bertz CT molecular complexity index is 987. The van der Waals surface area contributed by atoms with Crippen molar-refractivity contribution in [2.45, 2.75) is 18.7 Å². The van der Waals surface area contributed by atoms with E-state index in [4.69, 9.17) is 13.6 Å². The molecule has 0 bridgehead atoms. The molecule has 3 aromatic rings. The van der Waals surface area contributed by atoms with Gasteiger partial charge in [0.2, 0.25) is 11.9 Å². The molecule has 128 valence electrons. The summed E-state index contributed by atoms with van der Waals surface area (Å²) in [5.74, 6) is -2.21. The summed E-state index contributed by atoms with van der Waals surface area (Å²) in [6.07, 6.45) is 1.22. The fraction of sp³-hybridized carbons (Fsp3) is 0.222. The maximum atomic E-state index is 15.7. The van der Waals surface area contributed by atoms with Crippen molar-refractivity contribution >= 4 is 22.7 Å². The van der Waals surface area contributed by atoms with Crippen molar-refractivity contribution in [1.29, 1.82) is 0 Å². The van der Waals surface area contributed by atoms with Crippen molar-refractivity contribution in [2.24, 2.45) is 0 Å². The van der Waals surface area contributed by atoms with Crippen LogP contribution in [0.4, 0.5) is 4.39 Å². The summed E-state index contributed by atoms with van der Waals surface area (Å²) in [4.78, 5) is 25.0. The second kappa shape index (κ2) is 5.20. The first-order chi connectivity index (χ1) is 12.0. The van der Waals surface area contributed by atoms with Gasteiger partial charge in [0, 0.05) is 0 Å². The number of hydrogen-bond acceptors (Lipinski definition) is 6. The highest BCUT2D eigenvalue weighted by atomic mass is 19.1. The van der Waals surface area contributed by atoms with Crippen LogP contribution in [0.3, 0.4) is 0 Å². The van der Waals surface area contributed by atoms with Gasteiger partial charge < -0.3 is 18.3 Å². The Hall–Kier alpha value is -3.09. The number of carbonyl (C=O) groups excluding carboxylic acids is 2. The lowest BCUT2D eigenvalue weighted by atomic mass is 9.84. The quantitative estimate of drug-likeness (QED) is 0.523. The zero-order valence-electron chi connectivity index (χ0n) is 13.4. The molecule has 0 spiro atoms. The van der Waals surface area contributed by atoms with Gasteiger partial charge in [0.05, 0.1) is 30.6 Å². The normalized spacial score (nSPS) is 22.5. The number of ketones is 1. The first-order valence-corrected chi connectivity index (χ1v) is 7.51.